The van der Waals surface area contributed by atoms with Crippen molar-refractivity contribution < 1.29 is 0 Å². The lowest BCUT2D eigenvalue weighted by Gasteiger charge is -2.13. The number of aryl methyl sites for hydroxylation is 1. The predicted octanol–water partition coefficient (Wildman–Crippen LogP) is 2.57. The predicted molar refractivity (Wildman–Crippen MR) is 78.3 cm³/mol. The maximum absolute atomic E-state index is 12.3. The van der Waals surface area contributed by atoms with Crippen LogP contribution in [0.4, 0.5) is 0 Å². The monoisotopic (exact) mass is 256 g/mol. The quantitative estimate of drug-likeness (QED) is 0.915. The van der Waals surface area contributed by atoms with Gasteiger partial charge >= 0.3 is 0 Å². The standard InChI is InChI=1S/C16H20N2O/c1-18-15-9-5-2-6-12(15)10-13(16(18)19)11-17-14-7-3-4-8-14/h2,5-6,9-10,14,17H,3-4,7-8,11H2,1H3. The largest absolute Gasteiger partial charge is 0.311 e. The van der Waals surface area contributed by atoms with Crippen LogP contribution in [0.3, 0.4) is 0 Å². The maximum atomic E-state index is 12.3. The highest BCUT2D eigenvalue weighted by Gasteiger charge is 2.15. The van der Waals surface area contributed by atoms with Crippen LogP contribution in [-0.4, -0.2) is 10.6 Å². The minimum Gasteiger partial charge on any atom is -0.311 e. The fourth-order valence-electron chi connectivity index (χ4n) is 3.00. The van der Waals surface area contributed by atoms with Crippen LogP contribution >= 0.6 is 0 Å². The lowest BCUT2D eigenvalue weighted by Crippen LogP contribution is -2.30. The fraction of sp³-hybridized carbons (Fsp3) is 0.438. The van der Waals surface area contributed by atoms with Gasteiger partial charge in [-0.05, 0) is 30.4 Å². The van der Waals surface area contributed by atoms with Gasteiger partial charge in [0.05, 0.1) is 5.52 Å². The molecule has 1 aromatic carbocycles. The number of fused-ring (bicyclic) bond motifs is 1. The molecule has 1 aliphatic rings. The molecule has 0 amide bonds. The molecule has 1 aromatic heterocycles. The van der Waals surface area contributed by atoms with E-state index in [2.05, 4.69) is 11.4 Å². The van der Waals surface area contributed by atoms with E-state index >= 15 is 0 Å². The van der Waals surface area contributed by atoms with Gasteiger partial charge in [-0.15, -0.1) is 0 Å². The van der Waals surface area contributed by atoms with Crippen molar-refractivity contribution in [3.63, 3.8) is 0 Å². The second kappa shape index (κ2) is 5.17. The average molecular weight is 256 g/mol. The molecule has 3 heteroatoms. The Bertz CT molecular complexity index is 639. The molecule has 100 valence electrons. The summed E-state index contributed by atoms with van der Waals surface area (Å²) in [6, 6.07) is 10.7. The zero-order valence-corrected chi connectivity index (χ0v) is 11.4. The van der Waals surface area contributed by atoms with Crippen LogP contribution < -0.4 is 10.9 Å². The van der Waals surface area contributed by atoms with Crippen LogP contribution in [-0.2, 0) is 13.6 Å². The molecule has 3 rings (SSSR count). The van der Waals surface area contributed by atoms with Crippen LogP contribution in [0.15, 0.2) is 35.1 Å². The highest BCUT2D eigenvalue weighted by atomic mass is 16.1. The Labute approximate surface area is 113 Å². The molecule has 0 unspecified atom stereocenters. The first-order valence-electron chi connectivity index (χ1n) is 7.07. The molecule has 1 heterocycles. The fourth-order valence-corrected chi connectivity index (χ4v) is 3.00. The lowest BCUT2D eigenvalue weighted by molar-refractivity contribution is 0.521. The molecule has 0 saturated heterocycles. The lowest BCUT2D eigenvalue weighted by atomic mass is 10.1. The van der Waals surface area contributed by atoms with E-state index in [1.54, 1.807) is 4.57 Å². The molecule has 1 aliphatic carbocycles. The van der Waals surface area contributed by atoms with Crippen molar-refractivity contribution in [1.82, 2.24) is 9.88 Å². The number of nitrogens with zero attached hydrogens (tertiary/aromatic N) is 1. The minimum atomic E-state index is 0.115. The molecule has 3 nitrogen and oxygen atoms in total. The van der Waals surface area contributed by atoms with Crippen LogP contribution in [0.25, 0.3) is 10.9 Å². The summed E-state index contributed by atoms with van der Waals surface area (Å²) in [4.78, 5) is 12.3. The zero-order chi connectivity index (χ0) is 13.2. The van der Waals surface area contributed by atoms with E-state index in [4.69, 9.17) is 0 Å². The van der Waals surface area contributed by atoms with E-state index in [9.17, 15) is 4.79 Å². The van der Waals surface area contributed by atoms with E-state index in [1.165, 1.54) is 25.7 Å². The molecule has 2 aromatic rings. The molecular weight excluding hydrogens is 236 g/mol. The number of rotatable bonds is 3. The zero-order valence-electron chi connectivity index (χ0n) is 11.4. The molecule has 0 aliphatic heterocycles. The summed E-state index contributed by atoms with van der Waals surface area (Å²) in [6.07, 6.45) is 5.11. The van der Waals surface area contributed by atoms with Gasteiger partial charge in [-0.2, -0.15) is 0 Å². The van der Waals surface area contributed by atoms with Crippen LogP contribution in [0.2, 0.25) is 0 Å². The highest BCUT2D eigenvalue weighted by Crippen LogP contribution is 2.18. The summed E-state index contributed by atoms with van der Waals surface area (Å²) >= 11 is 0. The van der Waals surface area contributed by atoms with Gasteiger partial charge in [-0.25, -0.2) is 0 Å². The third-order valence-corrected chi connectivity index (χ3v) is 4.14. The first kappa shape index (κ1) is 12.4. The molecule has 0 atom stereocenters. The van der Waals surface area contributed by atoms with Gasteiger partial charge in [0.25, 0.3) is 5.56 Å². The third kappa shape index (κ3) is 2.43. The van der Waals surface area contributed by atoms with Crippen molar-refractivity contribution in [2.45, 2.75) is 38.3 Å². The Morgan fingerprint density at radius 1 is 1.26 bits per heavy atom. The SMILES string of the molecule is Cn1c(=O)c(CNC2CCCC2)cc2ccccc21. The summed E-state index contributed by atoms with van der Waals surface area (Å²) < 4.78 is 1.75. The van der Waals surface area contributed by atoms with E-state index in [-0.39, 0.29) is 5.56 Å². The number of para-hydroxylation sites is 1. The normalized spacial score (nSPS) is 16.3. The number of pyridine rings is 1. The Kier molecular flexibility index (Phi) is 3.38. The number of benzene rings is 1. The van der Waals surface area contributed by atoms with Crippen molar-refractivity contribution >= 4 is 10.9 Å². The topological polar surface area (TPSA) is 34.0 Å². The van der Waals surface area contributed by atoms with Gasteiger partial charge in [0.15, 0.2) is 0 Å². The van der Waals surface area contributed by atoms with Gasteiger partial charge < -0.3 is 9.88 Å². The Balaban J connectivity index is 1.90. The van der Waals surface area contributed by atoms with Crippen LogP contribution in [0, 0.1) is 0 Å². The van der Waals surface area contributed by atoms with E-state index in [1.807, 2.05) is 31.3 Å². The summed E-state index contributed by atoms with van der Waals surface area (Å²) in [7, 11) is 1.85. The van der Waals surface area contributed by atoms with E-state index in [0.717, 1.165) is 16.5 Å². The molecule has 0 radical (unpaired) electrons. The summed E-state index contributed by atoms with van der Waals surface area (Å²) in [6.45, 7) is 0.683. The summed E-state index contributed by atoms with van der Waals surface area (Å²) in [5.41, 5.74) is 1.98. The van der Waals surface area contributed by atoms with Gasteiger partial charge in [0, 0.05) is 25.2 Å². The number of hydrogen-bond acceptors (Lipinski definition) is 2. The Morgan fingerprint density at radius 2 is 2.00 bits per heavy atom. The van der Waals surface area contributed by atoms with Gasteiger partial charge in [0.1, 0.15) is 0 Å². The Morgan fingerprint density at radius 3 is 2.79 bits per heavy atom. The van der Waals surface area contributed by atoms with Crippen molar-refractivity contribution in [2.75, 3.05) is 0 Å². The van der Waals surface area contributed by atoms with Gasteiger partial charge in [0.2, 0.25) is 0 Å². The number of aromatic nitrogens is 1. The van der Waals surface area contributed by atoms with Crippen molar-refractivity contribution in [3.05, 3.63) is 46.2 Å². The summed E-state index contributed by atoms with van der Waals surface area (Å²) in [5.74, 6) is 0. The van der Waals surface area contributed by atoms with Crippen LogP contribution in [0.1, 0.15) is 31.2 Å². The molecule has 1 fully saturated rings. The molecule has 1 saturated carbocycles. The molecular formula is C16H20N2O. The smallest absolute Gasteiger partial charge is 0.255 e. The molecule has 0 bridgehead atoms. The second-order valence-electron chi connectivity index (χ2n) is 5.45. The van der Waals surface area contributed by atoms with E-state index < -0.39 is 0 Å². The molecule has 0 spiro atoms. The summed E-state index contributed by atoms with van der Waals surface area (Å²) in [5, 5.41) is 4.65. The van der Waals surface area contributed by atoms with Gasteiger partial charge in [-0.3, -0.25) is 4.79 Å². The average Bonchev–Trinajstić information content (AvgIpc) is 2.94. The van der Waals surface area contributed by atoms with Gasteiger partial charge in [-0.1, -0.05) is 31.0 Å². The van der Waals surface area contributed by atoms with Crippen molar-refractivity contribution in [1.29, 1.82) is 0 Å². The van der Waals surface area contributed by atoms with Crippen molar-refractivity contribution in [2.24, 2.45) is 7.05 Å². The third-order valence-electron chi connectivity index (χ3n) is 4.14. The number of hydrogen-bond donors (Lipinski definition) is 1. The first-order chi connectivity index (χ1) is 9.25. The first-order valence-corrected chi connectivity index (χ1v) is 7.07. The second-order valence-corrected chi connectivity index (χ2v) is 5.45. The Hall–Kier alpha value is -1.61. The minimum absolute atomic E-state index is 0.115. The molecule has 19 heavy (non-hydrogen) atoms. The van der Waals surface area contributed by atoms with Crippen LogP contribution in [0.5, 0.6) is 0 Å². The number of nitrogens with one attached hydrogen (secondary N) is 1. The van der Waals surface area contributed by atoms with E-state index in [0.29, 0.717) is 12.6 Å². The maximum Gasteiger partial charge on any atom is 0.255 e. The van der Waals surface area contributed by atoms with Crippen molar-refractivity contribution in [3.8, 4) is 0 Å². The highest BCUT2D eigenvalue weighted by molar-refractivity contribution is 5.79. The molecule has 1 N–H and O–H groups in total.